The van der Waals surface area contributed by atoms with Crippen LogP contribution in [0.2, 0.25) is 0 Å². The number of aliphatic imine (C=N–C) groups is 1. The van der Waals surface area contributed by atoms with Gasteiger partial charge in [-0.3, -0.25) is 0 Å². The molecule has 1 aromatic carbocycles. The minimum Gasteiger partial charge on any atom is -0.496 e. The van der Waals surface area contributed by atoms with Crippen LogP contribution in [0, 0.1) is 6.92 Å². The highest BCUT2D eigenvalue weighted by Gasteiger charge is 2.03. The molecule has 0 radical (unpaired) electrons. The summed E-state index contributed by atoms with van der Waals surface area (Å²) < 4.78 is 5.34. The molecule has 0 aliphatic heterocycles. The molecule has 0 fully saturated rings. The molecule has 0 heterocycles. The predicted molar refractivity (Wildman–Crippen MR) is 96.2 cm³/mol. The molecule has 0 amide bonds. The summed E-state index contributed by atoms with van der Waals surface area (Å²) in [5.74, 6) is 1.36. The van der Waals surface area contributed by atoms with Gasteiger partial charge in [0.15, 0.2) is 5.96 Å². The number of nitrogens with zero attached hydrogens (tertiary/aromatic N) is 1. The third kappa shape index (κ3) is 6.79. The van der Waals surface area contributed by atoms with Crippen molar-refractivity contribution in [2.45, 2.75) is 20.3 Å². The van der Waals surface area contributed by atoms with Gasteiger partial charge in [-0.2, -0.15) is 0 Å². The molecule has 0 saturated carbocycles. The van der Waals surface area contributed by atoms with Gasteiger partial charge in [0, 0.05) is 6.54 Å². The number of methoxy groups -OCH3 is 1. The number of hydrogen-bond acceptors (Lipinski definition) is 2. The number of nitrogens with one attached hydrogen (secondary N) is 1. The lowest BCUT2D eigenvalue weighted by Crippen LogP contribution is -2.33. The maximum Gasteiger partial charge on any atom is 0.188 e. The van der Waals surface area contributed by atoms with E-state index in [0.29, 0.717) is 12.5 Å². The van der Waals surface area contributed by atoms with Crippen molar-refractivity contribution in [3.8, 4) is 5.75 Å². The first-order chi connectivity index (χ1) is 9.02. The van der Waals surface area contributed by atoms with E-state index in [4.69, 9.17) is 10.5 Å². The minimum absolute atomic E-state index is 0. The molecular weight excluding hydrogens is 365 g/mol. The lowest BCUT2D eigenvalue weighted by molar-refractivity contribution is 0.409. The first-order valence-corrected chi connectivity index (χ1v) is 6.34. The number of guanidine groups is 1. The average molecular weight is 389 g/mol. The van der Waals surface area contributed by atoms with Crippen molar-refractivity contribution in [3.63, 3.8) is 0 Å². The van der Waals surface area contributed by atoms with Gasteiger partial charge in [0.25, 0.3) is 0 Å². The van der Waals surface area contributed by atoms with E-state index in [2.05, 4.69) is 29.9 Å². The van der Waals surface area contributed by atoms with Crippen LogP contribution < -0.4 is 15.8 Å². The van der Waals surface area contributed by atoms with Crippen LogP contribution in [0.5, 0.6) is 5.75 Å². The van der Waals surface area contributed by atoms with Crippen molar-refractivity contribution in [2.24, 2.45) is 10.7 Å². The van der Waals surface area contributed by atoms with Gasteiger partial charge < -0.3 is 15.8 Å². The Labute approximate surface area is 138 Å². The zero-order chi connectivity index (χ0) is 14.3. The highest BCUT2D eigenvalue weighted by atomic mass is 127. The molecule has 1 rings (SSSR count). The van der Waals surface area contributed by atoms with Gasteiger partial charge in [0.2, 0.25) is 0 Å². The summed E-state index contributed by atoms with van der Waals surface area (Å²) in [4.78, 5) is 4.17. The van der Waals surface area contributed by atoms with Crippen LogP contribution in [0.3, 0.4) is 0 Å². The largest absolute Gasteiger partial charge is 0.496 e. The summed E-state index contributed by atoms with van der Waals surface area (Å²) in [7, 11) is 1.68. The number of aryl methyl sites for hydroxylation is 1. The molecule has 0 spiro atoms. The molecule has 0 atom stereocenters. The molecule has 0 aromatic heterocycles. The average Bonchev–Trinajstić information content (AvgIpc) is 2.36. The van der Waals surface area contributed by atoms with Crippen molar-refractivity contribution in [2.75, 3.05) is 20.2 Å². The van der Waals surface area contributed by atoms with E-state index in [9.17, 15) is 0 Å². The van der Waals surface area contributed by atoms with Gasteiger partial charge in [-0.1, -0.05) is 29.8 Å². The normalized spacial score (nSPS) is 10.7. The smallest absolute Gasteiger partial charge is 0.188 e. The summed E-state index contributed by atoms with van der Waals surface area (Å²) in [5, 5.41) is 3.09. The van der Waals surface area contributed by atoms with Crippen LogP contribution in [0.4, 0.5) is 0 Å². The summed E-state index contributed by atoms with van der Waals surface area (Å²) in [6, 6.07) is 6.16. The van der Waals surface area contributed by atoms with Crippen molar-refractivity contribution in [1.29, 1.82) is 0 Å². The van der Waals surface area contributed by atoms with E-state index in [-0.39, 0.29) is 24.0 Å². The molecule has 20 heavy (non-hydrogen) atoms. The van der Waals surface area contributed by atoms with Gasteiger partial charge in [-0.25, -0.2) is 4.99 Å². The molecule has 0 bridgehead atoms. The summed E-state index contributed by atoms with van der Waals surface area (Å²) in [6.45, 7) is 9.06. The van der Waals surface area contributed by atoms with E-state index in [1.54, 1.807) is 7.11 Å². The van der Waals surface area contributed by atoms with E-state index in [1.807, 2.05) is 19.1 Å². The Morgan fingerprint density at radius 3 is 2.75 bits per heavy atom. The van der Waals surface area contributed by atoms with Crippen molar-refractivity contribution < 1.29 is 4.74 Å². The van der Waals surface area contributed by atoms with Gasteiger partial charge in [-0.15, -0.1) is 24.0 Å². The molecule has 4 nitrogen and oxygen atoms in total. The minimum atomic E-state index is 0. The Morgan fingerprint density at radius 1 is 1.45 bits per heavy atom. The second-order valence-corrected chi connectivity index (χ2v) is 4.65. The standard InChI is InChI=1S/C15H23N3O.HI/c1-11(2)10-18-15(16)17-8-7-13-9-12(3)5-6-14(13)19-4;/h5-6,9H,1,7-8,10H2,2-4H3,(H3,16,17,18);1H. The molecule has 0 aliphatic carbocycles. The Bertz CT molecular complexity index is 472. The fourth-order valence-corrected chi connectivity index (χ4v) is 1.70. The summed E-state index contributed by atoms with van der Waals surface area (Å²) in [5.41, 5.74) is 9.14. The quantitative estimate of drug-likeness (QED) is 0.340. The Morgan fingerprint density at radius 2 is 2.15 bits per heavy atom. The molecule has 0 aliphatic rings. The van der Waals surface area contributed by atoms with Crippen LogP contribution >= 0.6 is 24.0 Å². The van der Waals surface area contributed by atoms with E-state index < -0.39 is 0 Å². The number of halogens is 1. The Kier molecular flexibility index (Phi) is 9.03. The van der Waals surface area contributed by atoms with Crippen molar-refractivity contribution >= 4 is 29.9 Å². The van der Waals surface area contributed by atoms with Crippen LogP contribution in [0.1, 0.15) is 18.1 Å². The lowest BCUT2D eigenvalue weighted by Gasteiger charge is -2.10. The molecule has 112 valence electrons. The Hall–Kier alpha value is -1.24. The Balaban J connectivity index is 0.00000361. The maximum absolute atomic E-state index is 5.75. The van der Waals surface area contributed by atoms with Gasteiger partial charge in [-0.05, 0) is 31.9 Å². The van der Waals surface area contributed by atoms with E-state index in [1.165, 1.54) is 11.1 Å². The number of rotatable bonds is 6. The van der Waals surface area contributed by atoms with Crippen LogP contribution in [-0.4, -0.2) is 26.2 Å². The highest BCUT2D eigenvalue weighted by Crippen LogP contribution is 2.19. The summed E-state index contributed by atoms with van der Waals surface area (Å²) in [6.07, 6.45) is 0.841. The lowest BCUT2D eigenvalue weighted by atomic mass is 10.1. The van der Waals surface area contributed by atoms with Crippen LogP contribution in [0.25, 0.3) is 0 Å². The van der Waals surface area contributed by atoms with Crippen molar-refractivity contribution in [3.05, 3.63) is 41.5 Å². The topological polar surface area (TPSA) is 59.6 Å². The van der Waals surface area contributed by atoms with Gasteiger partial charge in [0.1, 0.15) is 5.75 Å². The number of nitrogens with two attached hydrogens (primary N) is 1. The molecule has 0 unspecified atom stereocenters. The molecule has 0 saturated heterocycles. The highest BCUT2D eigenvalue weighted by molar-refractivity contribution is 14.0. The third-order valence-corrected chi connectivity index (χ3v) is 2.66. The third-order valence-electron chi connectivity index (χ3n) is 2.66. The SMILES string of the molecule is C=C(C)CN=C(N)NCCc1cc(C)ccc1OC.I. The number of benzene rings is 1. The van der Waals surface area contributed by atoms with Gasteiger partial charge in [0.05, 0.1) is 13.7 Å². The fraction of sp³-hybridized carbons (Fsp3) is 0.400. The molecule has 3 N–H and O–H groups in total. The number of hydrogen-bond donors (Lipinski definition) is 2. The second-order valence-electron chi connectivity index (χ2n) is 4.65. The zero-order valence-corrected chi connectivity index (χ0v) is 14.7. The fourth-order valence-electron chi connectivity index (χ4n) is 1.70. The zero-order valence-electron chi connectivity index (χ0n) is 12.4. The molecule has 1 aromatic rings. The second kappa shape index (κ2) is 9.63. The first-order valence-electron chi connectivity index (χ1n) is 6.34. The number of ether oxygens (including phenoxy) is 1. The maximum atomic E-state index is 5.75. The van der Waals surface area contributed by atoms with Crippen LogP contribution in [-0.2, 0) is 6.42 Å². The summed E-state index contributed by atoms with van der Waals surface area (Å²) >= 11 is 0. The van der Waals surface area contributed by atoms with E-state index >= 15 is 0 Å². The monoisotopic (exact) mass is 389 g/mol. The molecular formula is C15H24IN3O. The van der Waals surface area contributed by atoms with E-state index in [0.717, 1.165) is 24.3 Å². The molecule has 5 heteroatoms. The predicted octanol–water partition coefficient (Wildman–Crippen LogP) is 2.64. The first kappa shape index (κ1) is 18.8. The van der Waals surface area contributed by atoms with Crippen molar-refractivity contribution in [1.82, 2.24) is 5.32 Å². The van der Waals surface area contributed by atoms with Gasteiger partial charge >= 0.3 is 0 Å². The van der Waals surface area contributed by atoms with Crippen LogP contribution in [0.15, 0.2) is 35.3 Å².